The Morgan fingerprint density at radius 2 is 1.90 bits per heavy atom. The van der Waals surface area contributed by atoms with Gasteiger partial charge in [0.25, 0.3) is 0 Å². The van der Waals surface area contributed by atoms with Gasteiger partial charge in [-0.25, -0.2) is 13.1 Å². The number of aliphatic hydroxyl groups excluding tert-OH is 1. The summed E-state index contributed by atoms with van der Waals surface area (Å²) in [7, 11) is -3.52. The molecule has 0 aliphatic rings. The van der Waals surface area contributed by atoms with Crippen molar-refractivity contribution in [3.63, 3.8) is 0 Å². The van der Waals surface area contributed by atoms with Crippen LogP contribution in [0.3, 0.4) is 0 Å². The molecule has 2 aromatic rings. The minimum atomic E-state index is -3.52. The molecule has 0 spiro atoms. The molecular weight excluding hydrogens is 314 g/mol. The molecule has 20 heavy (non-hydrogen) atoms. The lowest BCUT2D eigenvalue weighted by Crippen LogP contribution is -2.22. The van der Waals surface area contributed by atoms with Crippen molar-refractivity contribution in [1.29, 1.82) is 0 Å². The van der Waals surface area contributed by atoms with E-state index in [1.165, 1.54) is 22.3 Å². The maximum Gasteiger partial charge on any atom is 0.242 e. The summed E-state index contributed by atoms with van der Waals surface area (Å²) < 4.78 is 27.1. The van der Waals surface area contributed by atoms with Gasteiger partial charge in [-0.1, -0.05) is 6.92 Å². The van der Waals surface area contributed by atoms with Crippen molar-refractivity contribution in [2.75, 3.05) is 0 Å². The molecular formula is C13H17NO3S3. The summed E-state index contributed by atoms with van der Waals surface area (Å²) in [5.41, 5.74) is 0. The smallest absolute Gasteiger partial charge is 0.242 e. The third-order valence-corrected chi connectivity index (χ3v) is 6.79. The fraction of sp³-hybridized carbons (Fsp3) is 0.385. The fourth-order valence-electron chi connectivity index (χ4n) is 1.82. The van der Waals surface area contributed by atoms with Crippen molar-refractivity contribution < 1.29 is 13.5 Å². The number of nitrogens with one attached hydrogen (secondary N) is 1. The average molecular weight is 331 g/mol. The zero-order valence-electron chi connectivity index (χ0n) is 11.3. The van der Waals surface area contributed by atoms with Gasteiger partial charge in [0.15, 0.2) is 0 Å². The molecule has 2 heterocycles. The average Bonchev–Trinajstić information content (AvgIpc) is 3.02. The van der Waals surface area contributed by atoms with Crippen molar-refractivity contribution in [2.45, 2.75) is 38.3 Å². The van der Waals surface area contributed by atoms with E-state index < -0.39 is 10.0 Å². The van der Waals surface area contributed by atoms with Gasteiger partial charge in [-0.2, -0.15) is 0 Å². The molecule has 0 aliphatic carbocycles. The first kappa shape index (κ1) is 15.7. The monoisotopic (exact) mass is 331 g/mol. The zero-order chi connectivity index (χ0) is 14.8. The quantitative estimate of drug-likeness (QED) is 0.855. The van der Waals surface area contributed by atoms with E-state index in [9.17, 15) is 8.42 Å². The topological polar surface area (TPSA) is 66.4 Å². The molecule has 2 N–H and O–H groups in total. The summed E-state index contributed by atoms with van der Waals surface area (Å²) in [6.45, 7) is 3.99. The third kappa shape index (κ3) is 3.48. The van der Waals surface area contributed by atoms with Gasteiger partial charge in [0.2, 0.25) is 10.0 Å². The molecule has 0 amide bonds. The van der Waals surface area contributed by atoms with E-state index in [2.05, 4.69) is 11.6 Å². The van der Waals surface area contributed by atoms with E-state index in [0.717, 1.165) is 11.3 Å². The molecule has 4 nitrogen and oxygen atoms in total. The fourth-order valence-corrected chi connectivity index (χ4v) is 5.31. The summed E-state index contributed by atoms with van der Waals surface area (Å²) >= 11 is 2.92. The molecule has 2 rings (SSSR count). The molecule has 0 aliphatic heterocycles. The molecule has 0 radical (unpaired) electrons. The maximum atomic E-state index is 12.3. The summed E-state index contributed by atoms with van der Waals surface area (Å²) in [6, 6.07) is 5.51. The van der Waals surface area contributed by atoms with E-state index in [4.69, 9.17) is 5.11 Å². The molecule has 0 saturated carbocycles. The molecule has 0 atom stereocenters. The third-order valence-electron chi connectivity index (χ3n) is 2.87. The Morgan fingerprint density at radius 1 is 1.20 bits per heavy atom. The second kappa shape index (κ2) is 6.36. The molecule has 0 fully saturated rings. The van der Waals surface area contributed by atoms with Gasteiger partial charge in [0.1, 0.15) is 0 Å². The maximum absolute atomic E-state index is 12.3. The molecule has 2 aromatic heterocycles. The van der Waals surface area contributed by atoms with Gasteiger partial charge >= 0.3 is 0 Å². The van der Waals surface area contributed by atoms with Crippen LogP contribution < -0.4 is 4.72 Å². The normalized spacial score (nSPS) is 11.9. The van der Waals surface area contributed by atoms with Crippen LogP contribution in [0.5, 0.6) is 0 Å². The first-order valence-corrected chi connectivity index (χ1v) is 9.35. The van der Waals surface area contributed by atoms with Gasteiger partial charge in [-0.3, -0.25) is 0 Å². The Bertz CT molecular complexity index is 686. The summed E-state index contributed by atoms with van der Waals surface area (Å²) in [5, 5.41) is 9.08. The van der Waals surface area contributed by atoms with Crippen LogP contribution in [0.4, 0.5) is 0 Å². The standard InChI is InChI=1S/C13H17NO3S3/c1-3-10-4-5-11(19-10)7-14-20(16,17)13-6-12(8-15)18-9(13)2/h4-6,14-15H,3,7-8H2,1-2H3. The highest BCUT2D eigenvalue weighted by Gasteiger charge is 2.19. The molecule has 0 bridgehead atoms. The van der Waals surface area contributed by atoms with Crippen LogP contribution in [0.1, 0.15) is 26.4 Å². The van der Waals surface area contributed by atoms with E-state index in [1.54, 1.807) is 18.3 Å². The Hall–Kier alpha value is -0.730. The molecule has 110 valence electrons. The highest BCUT2D eigenvalue weighted by Crippen LogP contribution is 2.26. The van der Waals surface area contributed by atoms with Crippen LogP contribution in [0.15, 0.2) is 23.1 Å². The Morgan fingerprint density at radius 3 is 2.45 bits per heavy atom. The number of thiophene rings is 2. The predicted octanol–water partition coefficient (Wildman–Crippen LogP) is 2.65. The minimum Gasteiger partial charge on any atom is -0.391 e. The lowest BCUT2D eigenvalue weighted by Gasteiger charge is -2.04. The Kier molecular flexibility index (Phi) is 4.98. The highest BCUT2D eigenvalue weighted by atomic mass is 32.2. The largest absolute Gasteiger partial charge is 0.391 e. The van der Waals surface area contributed by atoms with Crippen molar-refractivity contribution in [1.82, 2.24) is 4.72 Å². The van der Waals surface area contributed by atoms with Gasteiger partial charge in [0, 0.05) is 26.1 Å². The van der Waals surface area contributed by atoms with Crippen molar-refractivity contribution in [2.24, 2.45) is 0 Å². The number of rotatable bonds is 6. The molecule has 7 heteroatoms. The second-order valence-corrected chi connectivity index (χ2v) is 8.67. The number of aliphatic hydroxyl groups is 1. The van der Waals surface area contributed by atoms with Crippen molar-refractivity contribution in [3.8, 4) is 0 Å². The number of hydrogen-bond donors (Lipinski definition) is 2. The van der Waals surface area contributed by atoms with E-state index in [0.29, 0.717) is 16.3 Å². The Balaban J connectivity index is 2.12. The number of sulfonamides is 1. The molecule has 0 unspecified atom stereocenters. The summed E-state index contributed by atoms with van der Waals surface area (Å²) in [5.74, 6) is 0. The summed E-state index contributed by atoms with van der Waals surface area (Å²) in [6.07, 6.45) is 0.959. The van der Waals surface area contributed by atoms with Crippen LogP contribution in [-0.2, 0) is 29.6 Å². The van der Waals surface area contributed by atoms with Crippen LogP contribution >= 0.6 is 22.7 Å². The van der Waals surface area contributed by atoms with Crippen molar-refractivity contribution in [3.05, 3.63) is 37.7 Å². The SMILES string of the molecule is CCc1ccc(CNS(=O)(=O)c2cc(CO)sc2C)s1. The first-order valence-electron chi connectivity index (χ1n) is 6.23. The van der Waals surface area contributed by atoms with Gasteiger partial charge < -0.3 is 5.11 Å². The lowest BCUT2D eigenvalue weighted by molar-refractivity contribution is 0.285. The number of aryl methyl sites for hydroxylation is 2. The van der Waals surface area contributed by atoms with Gasteiger partial charge in [-0.05, 0) is 31.5 Å². The number of hydrogen-bond acceptors (Lipinski definition) is 5. The Labute approximate surface area is 127 Å². The van der Waals surface area contributed by atoms with Gasteiger partial charge in [-0.15, -0.1) is 22.7 Å². The lowest BCUT2D eigenvalue weighted by atomic mass is 10.4. The van der Waals surface area contributed by atoms with E-state index in [-0.39, 0.29) is 11.5 Å². The first-order chi connectivity index (χ1) is 9.46. The van der Waals surface area contributed by atoms with E-state index in [1.807, 2.05) is 12.1 Å². The van der Waals surface area contributed by atoms with Crippen molar-refractivity contribution >= 4 is 32.7 Å². The van der Waals surface area contributed by atoms with E-state index >= 15 is 0 Å². The van der Waals surface area contributed by atoms with Crippen LogP contribution in [0.2, 0.25) is 0 Å². The molecule has 0 saturated heterocycles. The van der Waals surface area contributed by atoms with Crippen LogP contribution in [0, 0.1) is 6.92 Å². The summed E-state index contributed by atoms with van der Waals surface area (Å²) in [4.78, 5) is 3.86. The predicted molar refractivity (Wildman–Crippen MR) is 82.7 cm³/mol. The van der Waals surface area contributed by atoms with Crippen LogP contribution in [-0.4, -0.2) is 13.5 Å². The molecule has 0 aromatic carbocycles. The van der Waals surface area contributed by atoms with Crippen LogP contribution in [0.25, 0.3) is 0 Å². The van der Waals surface area contributed by atoms with Gasteiger partial charge in [0.05, 0.1) is 11.5 Å². The minimum absolute atomic E-state index is 0.133. The second-order valence-electron chi connectivity index (χ2n) is 4.34. The highest BCUT2D eigenvalue weighted by molar-refractivity contribution is 7.89. The zero-order valence-corrected chi connectivity index (χ0v) is 13.8.